The number of fused-ring (bicyclic) bond motifs is 1. The number of hydrogen-bond donors (Lipinski definition) is 1. The minimum Gasteiger partial charge on any atom is -0.492 e. The van der Waals surface area contributed by atoms with E-state index in [1.165, 1.54) is 24.8 Å². The molecule has 3 nitrogen and oxygen atoms in total. The summed E-state index contributed by atoms with van der Waals surface area (Å²) in [5.41, 5.74) is 7.35. The molecule has 3 rings (SSSR count). The predicted molar refractivity (Wildman–Crippen MR) is 82.3 cm³/mol. The Bertz CT molecular complexity index is 474. The van der Waals surface area contributed by atoms with E-state index in [0.29, 0.717) is 11.6 Å². The Labute approximate surface area is 126 Å². The van der Waals surface area contributed by atoms with Gasteiger partial charge < -0.3 is 10.5 Å². The van der Waals surface area contributed by atoms with Crippen LogP contribution in [0.5, 0.6) is 5.75 Å². The highest BCUT2D eigenvalue weighted by atomic mass is 35.5. The fraction of sp³-hybridized carbons (Fsp3) is 0.625. The fourth-order valence-electron chi connectivity index (χ4n) is 3.69. The van der Waals surface area contributed by atoms with Gasteiger partial charge in [0.05, 0.1) is 17.2 Å². The first-order chi connectivity index (χ1) is 9.78. The zero-order valence-corrected chi connectivity index (χ0v) is 12.7. The monoisotopic (exact) mass is 294 g/mol. The second kappa shape index (κ2) is 5.92. The summed E-state index contributed by atoms with van der Waals surface area (Å²) < 4.78 is 5.91. The van der Waals surface area contributed by atoms with Crippen LogP contribution in [0.15, 0.2) is 18.2 Å². The molecule has 1 atom stereocenters. The Balaban J connectivity index is 2.07. The second-order valence-electron chi connectivity index (χ2n) is 5.85. The first kappa shape index (κ1) is 14.2. The van der Waals surface area contributed by atoms with Gasteiger partial charge in [-0.2, -0.15) is 0 Å². The molecule has 0 radical (unpaired) electrons. The van der Waals surface area contributed by atoms with E-state index in [1.54, 1.807) is 0 Å². The van der Waals surface area contributed by atoms with Gasteiger partial charge in [-0.15, -0.1) is 0 Å². The largest absolute Gasteiger partial charge is 0.492 e. The Morgan fingerprint density at radius 3 is 2.75 bits per heavy atom. The SMILES string of the molecule is NCC1(N2CCCCC2)CCCOc2c(Cl)cccc21. The zero-order chi connectivity index (χ0) is 14.0. The number of rotatable bonds is 2. The molecule has 1 fully saturated rings. The number of piperidine rings is 1. The molecule has 0 aliphatic carbocycles. The van der Waals surface area contributed by atoms with E-state index < -0.39 is 0 Å². The topological polar surface area (TPSA) is 38.5 Å². The molecule has 2 heterocycles. The van der Waals surface area contributed by atoms with Crippen LogP contribution in [0.3, 0.4) is 0 Å². The van der Waals surface area contributed by atoms with Gasteiger partial charge in [-0.3, -0.25) is 4.90 Å². The Morgan fingerprint density at radius 1 is 1.20 bits per heavy atom. The van der Waals surface area contributed by atoms with Crippen LogP contribution in [0.4, 0.5) is 0 Å². The van der Waals surface area contributed by atoms with E-state index >= 15 is 0 Å². The highest BCUT2D eigenvalue weighted by Crippen LogP contribution is 2.44. The van der Waals surface area contributed by atoms with Crippen molar-refractivity contribution < 1.29 is 4.74 Å². The number of halogens is 1. The molecule has 110 valence electrons. The molecular formula is C16H23ClN2O. The van der Waals surface area contributed by atoms with Gasteiger partial charge in [0, 0.05) is 12.1 Å². The Kier molecular flexibility index (Phi) is 4.20. The number of ether oxygens (including phenoxy) is 1. The lowest BCUT2D eigenvalue weighted by Gasteiger charge is -2.45. The van der Waals surface area contributed by atoms with E-state index in [-0.39, 0.29) is 5.54 Å². The van der Waals surface area contributed by atoms with Crippen molar-refractivity contribution in [2.24, 2.45) is 5.73 Å². The summed E-state index contributed by atoms with van der Waals surface area (Å²) in [5, 5.41) is 0.708. The lowest BCUT2D eigenvalue weighted by molar-refractivity contribution is 0.0625. The maximum Gasteiger partial charge on any atom is 0.142 e. The zero-order valence-electron chi connectivity index (χ0n) is 11.9. The van der Waals surface area contributed by atoms with Crippen LogP contribution in [0.2, 0.25) is 5.02 Å². The van der Waals surface area contributed by atoms with E-state index in [4.69, 9.17) is 22.1 Å². The molecule has 2 aliphatic heterocycles. The maximum absolute atomic E-state index is 6.35. The molecule has 0 amide bonds. The highest BCUT2D eigenvalue weighted by Gasteiger charge is 2.41. The second-order valence-corrected chi connectivity index (χ2v) is 6.26. The summed E-state index contributed by atoms with van der Waals surface area (Å²) in [4.78, 5) is 2.57. The summed E-state index contributed by atoms with van der Waals surface area (Å²) in [6.45, 7) is 3.61. The van der Waals surface area contributed by atoms with Crippen LogP contribution in [0.25, 0.3) is 0 Å². The van der Waals surface area contributed by atoms with Crippen molar-refractivity contribution in [3.8, 4) is 5.75 Å². The molecule has 2 N–H and O–H groups in total. The average Bonchev–Trinajstić information content (AvgIpc) is 2.69. The Hall–Kier alpha value is -0.770. The maximum atomic E-state index is 6.35. The molecule has 0 spiro atoms. The van der Waals surface area contributed by atoms with Crippen molar-refractivity contribution in [1.82, 2.24) is 4.90 Å². The van der Waals surface area contributed by atoms with E-state index in [9.17, 15) is 0 Å². The molecule has 0 aromatic heterocycles. The van der Waals surface area contributed by atoms with Gasteiger partial charge in [0.15, 0.2) is 0 Å². The summed E-state index contributed by atoms with van der Waals surface area (Å²) in [5.74, 6) is 0.850. The summed E-state index contributed by atoms with van der Waals surface area (Å²) in [6.07, 6.45) is 5.93. The quantitative estimate of drug-likeness (QED) is 0.910. The molecule has 1 aromatic carbocycles. The molecule has 1 saturated heterocycles. The molecule has 20 heavy (non-hydrogen) atoms. The van der Waals surface area contributed by atoms with Gasteiger partial charge in [0.25, 0.3) is 0 Å². The van der Waals surface area contributed by atoms with Crippen LogP contribution in [-0.4, -0.2) is 31.1 Å². The number of benzene rings is 1. The lowest BCUT2D eigenvalue weighted by atomic mass is 9.82. The van der Waals surface area contributed by atoms with Crippen LogP contribution in [0.1, 0.15) is 37.7 Å². The van der Waals surface area contributed by atoms with Crippen molar-refractivity contribution in [3.05, 3.63) is 28.8 Å². The van der Waals surface area contributed by atoms with Gasteiger partial charge in [-0.25, -0.2) is 0 Å². The number of likely N-dealkylation sites (tertiary alicyclic amines) is 1. The van der Waals surface area contributed by atoms with Crippen LogP contribution >= 0.6 is 11.6 Å². The van der Waals surface area contributed by atoms with Crippen molar-refractivity contribution in [3.63, 3.8) is 0 Å². The third-order valence-electron chi connectivity index (χ3n) is 4.75. The lowest BCUT2D eigenvalue weighted by Crippen LogP contribution is -2.53. The van der Waals surface area contributed by atoms with Gasteiger partial charge in [0.2, 0.25) is 0 Å². The number of hydrogen-bond acceptors (Lipinski definition) is 3. The molecular weight excluding hydrogens is 272 g/mol. The predicted octanol–water partition coefficient (Wildman–Crippen LogP) is 3.15. The minimum absolute atomic E-state index is 0.100. The summed E-state index contributed by atoms with van der Waals surface area (Å²) in [6, 6.07) is 6.07. The fourth-order valence-corrected chi connectivity index (χ4v) is 3.92. The molecule has 1 unspecified atom stereocenters. The van der Waals surface area contributed by atoms with Crippen LogP contribution in [-0.2, 0) is 5.54 Å². The average molecular weight is 295 g/mol. The molecule has 0 bridgehead atoms. The summed E-state index contributed by atoms with van der Waals surface area (Å²) >= 11 is 6.35. The highest BCUT2D eigenvalue weighted by molar-refractivity contribution is 6.32. The third-order valence-corrected chi connectivity index (χ3v) is 5.05. The number of nitrogens with zero attached hydrogens (tertiary/aromatic N) is 1. The Morgan fingerprint density at radius 2 is 2.00 bits per heavy atom. The standard InChI is InChI=1S/C16H23ClN2O/c17-14-7-4-6-13-15(14)20-11-5-8-16(13,12-18)19-9-2-1-3-10-19/h4,6-7H,1-3,5,8-12,18H2. The number of para-hydroxylation sites is 1. The normalized spacial score (nSPS) is 27.5. The van der Waals surface area contributed by atoms with Gasteiger partial charge >= 0.3 is 0 Å². The van der Waals surface area contributed by atoms with Crippen molar-refractivity contribution in [2.45, 2.75) is 37.6 Å². The molecule has 0 saturated carbocycles. The molecule has 4 heteroatoms. The molecule has 1 aromatic rings. The van der Waals surface area contributed by atoms with E-state index in [2.05, 4.69) is 11.0 Å². The molecule has 2 aliphatic rings. The summed E-state index contributed by atoms with van der Waals surface area (Å²) in [7, 11) is 0. The van der Waals surface area contributed by atoms with Crippen molar-refractivity contribution in [2.75, 3.05) is 26.2 Å². The minimum atomic E-state index is -0.100. The van der Waals surface area contributed by atoms with Gasteiger partial charge in [-0.05, 0) is 44.8 Å². The first-order valence-corrected chi connectivity index (χ1v) is 8.03. The van der Waals surface area contributed by atoms with Crippen LogP contribution in [0, 0.1) is 0 Å². The van der Waals surface area contributed by atoms with Crippen molar-refractivity contribution in [1.29, 1.82) is 0 Å². The van der Waals surface area contributed by atoms with E-state index in [1.807, 2.05) is 12.1 Å². The van der Waals surface area contributed by atoms with Gasteiger partial charge in [0.1, 0.15) is 5.75 Å². The van der Waals surface area contributed by atoms with Crippen molar-refractivity contribution >= 4 is 11.6 Å². The smallest absolute Gasteiger partial charge is 0.142 e. The third kappa shape index (κ3) is 2.32. The van der Waals surface area contributed by atoms with Gasteiger partial charge in [-0.1, -0.05) is 30.2 Å². The van der Waals surface area contributed by atoms with E-state index in [0.717, 1.165) is 38.3 Å². The number of nitrogens with two attached hydrogens (primary N) is 1. The van der Waals surface area contributed by atoms with Crippen LogP contribution < -0.4 is 10.5 Å². The first-order valence-electron chi connectivity index (χ1n) is 7.65.